The normalized spacial score (nSPS) is 10.1. The summed E-state index contributed by atoms with van der Waals surface area (Å²) in [5.41, 5.74) is 7.53. The molecular formula is C16H14N6OS. The number of urea groups is 1. The Morgan fingerprint density at radius 3 is 2.75 bits per heavy atom. The largest absolute Gasteiger partial charge is 0.382 e. The summed E-state index contributed by atoms with van der Waals surface area (Å²) < 4.78 is 1.47. The zero-order valence-electron chi connectivity index (χ0n) is 12.6. The van der Waals surface area contributed by atoms with E-state index in [1.54, 1.807) is 35.6 Å². The van der Waals surface area contributed by atoms with Gasteiger partial charge in [-0.1, -0.05) is 6.07 Å². The first-order chi connectivity index (χ1) is 11.7. The van der Waals surface area contributed by atoms with Gasteiger partial charge in [0.15, 0.2) is 0 Å². The van der Waals surface area contributed by atoms with E-state index >= 15 is 0 Å². The molecule has 2 amide bonds. The second kappa shape index (κ2) is 6.85. The third kappa shape index (κ3) is 3.37. The number of anilines is 2. The maximum absolute atomic E-state index is 11.9. The molecule has 7 nitrogen and oxygen atoms in total. The van der Waals surface area contributed by atoms with Crippen molar-refractivity contribution >= 4 is 28.9 Å². The molecule has 0 radical (unpaired) electrons. The molecule has 0 fully saturated rings. The minimum atomic E-state index is -0.276. The van der Waals surface area contributed by atoms with Gasteiger partial charge < -0.3 is 16.4 Å². The van der Waals surface area contributed by atoms with E-state index in [2.05, 4.69) is 15.7 Å². The third-order valence-corrected chi connectivity index (χ3v) is 4.18. The lowest BCUT2D eigenvalue weighted by Crippen LogP contribution is -2.27. The van der Waals surface area contributed by atoms with E-state index in [4.69, 9.17) is 11.0 Å². The van der Waals surface area contributed by atoms with Crippen LogP contribution in [0.25, 0.3) is 5.69 Å². The van der Waals surface area contributed by atoms with Crippen LogP contribution in [-0.2, 0) is 6.54 Å². The Morgan fingerprint density at radius 2 is 2.12 bits per heavy atom. The number of hydrogen-bond acceptors (Lipinski definition) is 5. The van der Waals surface area contributed by atoms with E-state index in [1.807, 2.05) is 23.6 Å². The van der Waals surface area contributed by atoms with Crippen molar-refractivity contribution in [3.8, 4) is 11.8 Å². The number of aromatic nitrogens is 2. The van der Waals surface area contributed by atoms with Crippen molar-refractivity contribution in [2.45, 2.75) is 6.54 Å². The number of amides is 2. The van der Waals surface area contributed by atoms with Crippen LogP contribution in [0.3, 0.4) is 0 Å². The Morgan fingerprint density at radius 1 is 1.33 bits per heavy atom. The van der Waals surface area contributed by atoms with Gasteiger partial charge >= 0.3 is 6.03 Å². The summed E-state index contributed by atoms with van der Waals surface area (Å²) in [6.07, 6.45) is 1.42. The van der Waals surface area contributed by atoms with Crippen LogP contribution in [0.5, 0.6) is 0 Å². The lowest BCUT2D eigenvalue weighted by atomic mass is 10.2. The Kier molecular flexibility index (Phi) is 4.45. The number of rotatable bonds is 4. The molecule has 4 N–H and O–H groups in total. The molecule has 0 unspecified atom stereocenters. The van der Waals surface area contributed by atoms with Crippen molar-refractivity contribution in [2.75, 3.05) is 11.1 Å². The van der Waals surface area contributed by atoms with Crippen molar-refractivity contribution in [3.63, 3.8) is 0 Å². The highest BCUT2D eigenvalue weighted by atomic mass is 32.1. The standard InChI is InChI=1S/C16H14N6OS/c17-8-11-9-20-22(15(11)18)13-5-3-12(4-6-13)21-16(23)19-10-14-2-1-7-24-14/h1-7,9H,10,18H2,(H2,19,21,23). The van der Waals surface area contributed by atoms with Crippen LogP contribution in [0.15, 0.2) is 48.0 Å². The van der Waals surface area contributed by atoms with Gasteiger partial charge in [-0.25, -0.2) is 9.48 Å². The lowest BCUT2D eigenvalue weighted by molar-refractivity contribution is 0.252. The Bertz CT molecular complexity index is 876. The number of hydrogen-bond donors (Lipinski definition) is 3. The fourth-order valence-corrected chi connectivity index (χ4v) is 2.74. The molecular weight excluding hydrogens is 324 g/mol. The maximum atomic E-state index is 11.9. The summed E-state index contributed by atoms with van der Waals surface area (Å²) in [4.78, 5) is 13.0. The van der Waals surface area contributed by atoms with Gasteiger partial charge in [-0.3, -0.25) is 0 Å². The van der Waals surface area contributed by atoms with Gasteiger partial charge in [-0.2, -0.15) is 10.4 Å². The molecule has 0 saturated carbocycles. The molecule has 2 heterocycles. The minimum absolute atomic E-state index is 0.276. The number of thiophene rings is 1. The first-order valence-electron chi connectivity index (χ1n) is 7.08. The third-order valence-electron chi connectivity index (χ3n) is 3.30. The van der Waals surface area contributed by atoms with Crippen molar-refractivity contribution in [1.82, 2.24) is 15.1 Å². The highest BCUT2D eigenvalue weighted by Crippen LogP contribution is 2.18. The van der Waals surface area contributed by atoms with Gasteiger partial charge in [0, 0.05) is 10.6 Å². The molecule has 0 atom stereocenters. The van der Waals surface area contributed by atoms with E-state index in [-0.39, 0.29) is 11.8 Å². The van der Waals surface area contributed by atoms with E-state index in [0.717, 1.165) is 4.88 Å². The van der Waals surface area contributed by atoms with Crippen LogP contribution < -0.4 is 16.4 Å². The summed E-state index contributed by atoms with van der Waals surface area (Å²) in [6, 6.07) is 12.6. The van der Waals surface area contributed by atoms with E-state index in [1.165, 1.54) is 10.9 Å². The van der Waals surface area contributed by atoms with E-state index < -0.39 is 0 Å². The Balaban J connectivity index is 1.63. The van der Waals surface area contributed by atoms with Gasteiger partial charge in [0.25, 0.3) is 0 Å². The molecule has 2 aromatic heterocycles. The first kappa shape index (κ1) is 15.6. The first-order valence-corrected chi connectivity index (χ1v) is 7.96. The van der Waals surface area contributed by atoms with Crippen molar-refractivity contribution in [3.05, 3.63) is 58.4 Å². The van der Waals surface area contributed by atoms with Gasteiger partial charge in [-0.15, -0.1) is 11.3 Å². The maximum Gasteiger partial charge on any atom is 0.319 e. The summed E-state index contributed by atoms with van der Waals surface area (Å²) >= 11 is 1.59. The Hall–Kier alpha value is -3.31. The van der Waals surface area contributed by atoms with Crippen molar-refractivity contribution in [1.29, 1.82) is 5.26 Å². The SMILES string of the molecule is N#Cc1cnn(-c2ccc(NC(=O)NCc3cccs3)cc2)c1N. The number of nitrogen functional groups attached to an aromatic ring is 1. The zero-order valence-corrected chi connectivity index (χ0v) is 13.4. The van der Waals surface area contributed by atoms with Crippen LogP contribution in [-0.4, -0.2) is 15.8 Å². The predicted molar refractivity (Wildman–Crippen MR) is 92.9 cm³/mol. The van der Waals surface area contributed by atoms with Gasteiger partial charge in [0.1, 0.15) is 17.5 Å². The Labute approximate surface area is 142 Å². The highest BCUT2D eigenvalue weighted by Gasteiger charge is 2.09. The van der Waals surface area contributed by atoms with Gasteiger partial charge in [0.05, 0.1) is 18.4 Å². The van der Waals surface area contributed by atoms with Gasteiger partial charge in [0.2, 0.25) is 0 Å². The lowest BCUT2D eigenvalue weighted by Gasteiger charge is -2.08. The molecule has 0 aliphatic carbocycles. The molecule has 8 heteroatoms. The molecule has 3 aromatic rings. The number of nitriles is 1. The van der Waals surface area contributed by atoms with Crippen molar-refractivity contribution in [2.24, 2.45) is 0 Å². The number of benzene rings is 1. The number of nitrogens with zero attached hydrogens (tertiary/aromatic N) is 3. The molecule has 0 aliphatic rings. The summed E-state index contributed by atoms with van der Waals surface area (Å²) in [6.45, 7) is 0.488. The average molecular weight is 338 g/mol. The molecule has 120 valence electrons. The molecule has 0 saturated heterocycles. The number of carbonyl (C=O) groups is 1. The van der Waals surface area contributed by atoms with Crippen LogP contribution in [0.4, 0.5) is 16.3 Å². The van der Waals surface area contributed by atoms with Gasteiger partial charge in [-0.05, 0) is 35.7 Å². The van der Waals surface area contributed by atoms with Crippen LogP contribution in [0.2, 0.25) is 0 Å². The van der Waals surface area contributed by atoms with Crippen LogP contribution in [0.1, 0.15) is 10.4 Å². The molecule has 3 rings (SSSR count). The molecule has 0 spiro atoms. The molecule has 0 bridgehead atoms. The van der Waals surface area contributed by atoms with E-state index in [9.17, 15) is 4.79 Å². The summed E-state index contributed by atoms with van der Waals surface area (Å²) in [5.74, 6) is 0.284. The second-order valence-electron chi connectivity index (χ2n) is 4.90. The second-order valence-corrected chi connectivity index (χ2v) is 5.93. The number of nitrogens with one attached hydrogen (secondary N) is 2. The smallest absolute Gasteiger partial charge is 0.319 e. The van der Waals surface area contributed by atoms with E-state index in [0.29, 0.717) is 23.5 Å². The van der Waals surface area contributed by atoms with Crippen LogP contribution in [0, 0.1) is 11.3 Å². The van der Waals surface area contributed by atoms with Crippen molar-refractivity contribution < 1.29 is 4.79 Å². The summed E-state index contributed by atoms with van der Waals surface area (Å²) in [7, 11) is 0. The average Bonchev–Trinajstić information content (AvgIpc) is 3.23. The highest BCUT2D eigenvalue weighted by molar-refractivity contribution is 7.09. The topological polar surface area (TPSA) is 109 Å². The monoisotopic (exact) mass is 338 g/mol. The van der Waals surface area contributed by atoms with Crippen LogP contribution >= 0.6 is 11.3 Å². The fourth-order valence-electron chi connectivity index (χ4n) is 2.09. The molecule has 1 aromatic carbocycles. The molecule has 24 heavy (non-hydrogen) atoms. The zero-order chi connectivity index (χ0) is 16.9. The number of nitrogens with two attached hydrogens (primary N) is 1. The summed E-state index contributed by atoms with van der Waals surface area (Å²) in [5, 5.41) is 20.5. The predicted octanol–water partition coefficient (Wildman–Crippen LogP) is 2.71. The number of carbonyl (C=O) groups excluding carboxylic acids is 1. The quantitative estimate of drug-likeness (QED) is 0.679. The molecule has 0 aliphatic heterocycles. The fraction of sp³-hybridized carbons (Fsp3) is 0.0625. The minimum Gasteiger partial charge on any atom is -0.382 e.